The third-order valence-corrected chi connectivity index (χ3v) is 3.39. The highest BCUT2D eigenvalue weighted by molar-refractivity contribution is 6.32. The van der Waals surface area contributed by atoms with Gasteiger partial charge in [0.25, 0.3) is 5.56 Å². The van der Waals surface area contributed by atoms with E-state index in [4.69, 9.17) is 0 Å². The molecule has 1 aromatic heterocycles. The van der Waals surface area contributed by atoms with Crippen LogP contribution in [0.4, 0.5) is 0 Å². The molecule has 0 saturated heterocycles. The lowest BCUT2D eigenvalue weighted by atomic mass is 9.76. The molecule has 1 heterocycles. The molecule has 0 aliphatic carbocycles. The maximum atomic E-state index is 12.6. The number of nitrogens with zero attached hydrogens (tertiary/aromatic N) is 1. The van der Waals surface area contributed by atoms with Crippen LogP contribution in [0.25, 0.3) is 10.8 Å². The quantitative estimate of drug-likeness (QED) is 0.757. The number of aromatic nitrogens is 1. The molecule has 94 valence electrons. The van der Waals surface area contributed by atoms with Crippen molar-refractivity contribution in [3.8, 4) is 0 Å². The van der Waals surface area contributed by atoms with Gasteiger partial charge in [-0.15, -0.1) is 0 Å². The molecule has 18 heavy (non-hydrogen) atoms. The molecule has 0 aliphatic heterocycles. The van der Waals surface area contributed by atoms with E-state index in [0.29, 0.717) is 0 Å². The lowest BCUT2D eigenvalue weighted by Gasteiger charge is -2.18. The zero-order chi connectivity index (χ0) is 13.3. The molecule has 0 unspecified atom stereocenters. The van der Waals surface area contributed by atoms with Crippen molar-refractivity contribution in [1.29, 1.82) is 0 Å². The van der Waals surface area contributed by atoms with Gasteiger partial charge < -0.3 is 4.57 Å². The molecule has 0 spiro atoms. The fourth-order valence-electron chi connectivity index (χ4n) is 2.62. The summed E-state index contributed by atoms with van der Waals surface area (Å²) < 4.78 is 1.94. The zero-order valence-corrected chi connectivity index (χ0v) is 11.7. The van der Waals surface area contributed by atoms with E-state index in [1.54, 1.807) is 0 Å². The number of pyridine rings is 1. The smallest absolute Gasteiger partial charge is 0.259 e. The second-order valence-electron chi connectivity index (χ2n) is 5.19. The molecule has 1 aromatic carbocycles. The third-order valence-electron chi connectivity index (χ3n) is 3.39. The highest BCUT2D eigenvalue weighted by atomic mass is 16.1. The van der Waals surface area contributed by atoms with Crippen LogP contribution in [0.2, 0.25) is 6.82 Å². The number of hydrogen-bond acceptors (Lipinski definition) is 1. The predicted octanol–water partition coefficient (Wildman–Crippen LogP) is 2.88. The third kappa shape index (κ3) is 2.10. The lowest BCUT2D eigenvalue weighted by Crippen LogP contribution is -2.26. The SMILES string of the molecule is CBCc1cc2cccc(C)c2c(=O)n1C(C)C. The van der Waals surface area contributed by atoms with Crippen LogP contribution in [0.1, 0.15) is 31.1 Å². The Labute approximate surface area is 109 Å². The van der Waals surface area contributed by atoms with Gasteiger partial charge in [-0.2, -0.15) is 0 Å². The molecule has 0 atom stereocenters. The molecule has 2 nitrogen and oxygen atoms in total. The van der Waals surface area contributed by atoms with Gasteiger partial charge >= 0.3 is 0 Å². The van der Waals surface area contributed by atoms with E-state index in [9.17, 15) is 4.79 Å². The summed E-state index contributed by atoms with van der Waals surface area (Å²) >= 11 is 0. The Morgan fingerprint density at radius 3 is 2.67 bits per heavy atom. The van der Waals surface area contributed by atoms with E-state index in [2.05, 4.69) is 26.7 Å². The summed E-state index contributed by atoms with van der Waals surface area (Å²) in [6, 6.07) is 8.45. The summed E-state index contributed by atoms with van der Waals surface area (Å²) in [4.78, 5) is 12.6. The first-order chi connectivity index (χ1) is 8.56. The van der Waals surface area contributed by atoms with Crippen LogP contribution in [0.3, 0.4) is 0 Å². The number of aryl methyl sites for hydroxylation is 1. The number of rotatable bonds is 3. The standard InChI is InChI=1S/C15H20BNO/c1-10(2)17-13(9-16-4)8-12-7-5-6-11(3)14(12)15(17)18/h5-8,10,16H,9H2,1-4H3. The molecular weight excluding hydrogens is 221 g/mol. The van der Waals surface area contributed by atoms with Crippen LogP contribution >= 0.6 is 0 Å². The Morgan fingerprint density at radius 2 is 2.06 bits per heavy atom. The molecule has 0 bridgehead atoms. The van der Waals surface area contributed by atoms with Gasteiger partial charge in [0.1, 0.15) is 7.28 Å². The Balaban J connectivity index is 2.86. The van der Waals surface area contributed by atoms with Crippen LogP contribution in [0.15, 0.2) is 29.1 Å². The van der Waals surface area contributed by atoms with Gasteiger partial charge in [-0.3, -0.25) is 4.79 Å². The first kappa shape index (κ1) is 12.9. The van der Waals surface area contributed by atoms with Crippen molar-refractivity contribution in [2.75, 3.05) is 0 Å². The van der Waals surface area contributed by atoms with Crippen molar-refractivity contribution >= 4 is 18.1 Å². The zero-order valence-electron chi connectivity index (χ0n) is 11.7. The fourth-order valence-corrected chi connectivity index (χ4v) is 2.62. The summed E-state index contributed by atoms with van der Waals surface area (Å²) in [5, 5.41) is 1.94. The minimum atomic E-state index is 0.157. The van der Waals surface area contributed by atoms with Crippen LogP contribution < -0.4 is 5.56 Å². The largest absolute Gasteiger partial charge is 0.310 e. The van der Waals surface area contributed by atoms with E-state index < -0.39 is 0 Å². The van der Waals surface area contributed by atoms with Crippen molar-refractivity contribution in [2.45, 2.75) is 40.0 Å². The Morgan fingerprint density at radius 1 is 1.33 bits per heavy atom. The molecule has 0 radical (unpaired) electrons. The average molecular weight is 241 g/mol. The van der Waals surface area contributed by atoms with E-state index in [-0.39, 0.29) is 11.6 Å². The Hall–Kier alpha value is -1.51. The minimum absolute atomic E-state index is 0.157. The van der Waals surface area contributed by atoms with E-state index >= 15 is 0 Å². The van der Waals surface area contributed by atoms with Crippen LogP contribution in [0.5, 0.6) is 0 Å². The summed E-state index contributed by atoms with van der Waals surface area (Å²) in [6.07, 6.45) is 0.956. The summed E-state index contributed by atoms with van der Waals surface area (Å²) in [5.74, 6) is 0. The molecule has 0 fully saturated rings. The van der Waals surface area contributed by atoms with Gasteiger partial charge in [0.15, 0.2) is 0 Å². The monoisotopic (exact) mass is 241 g/mol. The first-order valence-corrected chi connectivity index (χ1v) is 6.70. The highest BCUT2D eigenvalue weighted by Crippen LogP contribution is 2.18. The van der Waals surface area contributed by atoms with Gasteiger partial charge in [0.2, 0.25) is 0 Å². The maximum absolute atomic E-state index is 12.6. The molecule has 0 saturated carbocycles. The van der Waals surface area contributed by atoms with Gasteiger partial charge in [0, 0.05) is 11.7 Å². The Bertz CT molecular complexity index is 628. The van der Waals surface area contributed by atoms with Crippen molar-refractivity contribution in [3.05, 3.63) is 45.9 Å². The molecule has 0 N–H and O–H groups in total. The molecule has 0 aliphatic rings. The van der Waals surface area contributed by atoms with Crippen molar-refractivity contribution in [3.63, 3.8) is 0 Å². The predicted molar refractivity (Wildman–Crippen MR) is 80.0 cm³/mol. The topological polar surface area (TPSA) is 22.0 Å². The summed E-state index contributed by atoms with van der Waals surface area (Å²) in [6.45, 7) is 8.30. The van der Waals surface area contributed by atoms with E-state index in [1.807, 2.05) is 29.7 Å². The van der Waals surface area contributed by atoms with Crippen molar-refractivity contribution in [2.24, 2.45) is 0 Å². The average Bonchev–Trinajstić information content (AvgIpc) is 2.28. The summed E-state index contributed by atoms with van der Waals surface area (Å²) in [5.41, 5.74) is 2.37. The molecule has 0 amide bonds. The van der Waals surface area contributed by atoms with Gasteiger partial charge in [0.05, 0.1) is 5.39 Å². The van der Waals surface area contributed by atoms with E-state index in [0.717, 1.165) is 35.6 Å². The second-order valence-corrected chi connectivity index (χ2v) is 5.19. The molecular formula is C15H20BNO. The fraction of sp³-hybridized carbons (Fsp3) is 0.400. The number of benzene rings is 1. The first-order valence-electron chi connectivity index (χ1n) is 6.70. The van der Waals surface area contributed by atoms with Gasteiger partial charge in [-0.05, 0) is 44.1 Å². The molecule has 2 rings (SSSR count). The normalized spacial score (nSPS) is 11.2. The van der Waals surface area contributed by atoms with E-state index in [1.165, 1.54) is 0 Å². The van der Waals surface area contributed by atoms with Crippen molar-refractivity contribution < 1.29 is 0 Å². The highest BCUT2D eigenvalue weighted by Gasteiger charge is 2.12. The minimum Gasteiger partial charge on any atom is -0.310 e. The second kappa shape index (κ2) is 5.01. The number of hydrogen-bond donors (Lipinski definition) is 0. The van der Waals surface area contributed by atoms with Gasteiger partial charge in [-0.25, -0.2) is 0 Å². The number of fused-ring (bicyclic) bond motifs is 1. The lowest BCUT2D eigenvalue weighted by molar-refractivity contribution is 0.564. The molecule has 2 aromatic rings. The Kier molecular flexibility index (Phi) is 3.60. The molecule has 3 heteroatoms. The maximum Gasteiger partial charge on any atom is 0.259 e. The summed E-state index contributed by atoms with van der Waals surface area (Å²) in [7, 11) is 1.06. The van der Waals surface area contributed by atoms with Crippen molar-refractivity contribution in [1.82, 2.24) is 4.57 Å². The van der Waals surface area contributed by atoms with Gasteiger partial charge in [-0.1, -0.05) is 25.0 Å². The van der Waals surface area contributed by atoms with Crippen LogP contribution in [-0.2, 0) is 6.32 Å². The van der Waals surface area contributed by atoms with Crippen LogP contribution in [-0.4, -0.2) is 11.8 Å². The van der Waals surface area contributed by atoms with Crippen LogP contribution in [0, 0.1) is 6.92 Å².